The molecular formula is C22H23NO2. The van der Waals surface area contributed by atoms with Crippen molar-refractivity contribution >= 4 is 0 Å². The molecule has 3 nitrogen and oxygen atoms in total. The van der Waals surface area contributed by atoms with Gasteiger partial charge in [-0.15, -0.1) is 0 Å². The van der Waals surface area contributed by atoms with E-state index in [4.69, 9.17) is 9.15 Å². The molecule has 0 amide bonds. The Balaban J connectivity index is 1.35. The Hall–Kier alpha value is -2.52. The van der Waals surface area contributed by atoms with Gasteiger partial charge in [0.15, 0.2) is 0 Å². The van der Waals surface area contributed by atoms with Crippen LogP contribution in [-0.2, 0) is 6.42 Å². The number of hydrogen-bond donors (Lipinski definition) is 1. The van der Waals surface area contributed by atoms with E-state index in [-0.39, 0.29) is 0 Å². The van der Waals surface area contributed by atoms with Gasteiger partial charge >= 0.3 is 0 Å². The Morgan fingerprint density at radius 1 is 0.960 bits per heavy atom. The number of benzene rings is 2. The summed E-state index contributed by atoms with van der Waals surface area (Å²) < 4.78 is 11.9. The van der Waals surface area contributed by atoms with Crippen LogP contribution >= 0.6 is 0 Å². The molecule has 1 N–H and O–H groups in total. The molecule has 1 aliphatic heterocycles. The van der Waals surface area contributed by atoms with E-state index in [2.05, 4.69) is 47.8 Å². The molecule has 1 fully saturated rings. The monoisotopic (exact) mass is 333 g/mol. The fourth-order valence-corrected chi connectivity index (χ4v) is 3.21. The van der Waals surface area contributed by atoms with Crippen molar-refractivity contribution in [2.45, 2.75) is 12.8 Å². The molecule has 3 aromatic rings. The minimum atomic E-state index is 0.638. The molecule has 0 radical (unpaired) electrons. The van der Waals surface area contributed by atoms with Gasteiger partial charge in [-0.05, 0) is 42.8 Å². The molecule has 0 bridgehead atoms. The van der Waals surface area contributed by atoms with E-state index in [1.165, 1.54) is 12.0 Å². The molecule has 3 heteroatoms. The van der Waals surface area contributed by atoms with Crippen LogP contribution in [0.2, 0.25) is 0 Å². The number of ether oxygens (including phenoxy) is 1. The molecule has 0 unspecified atom stereocenters. The van der Waals surface area contributed by atoms with E-state index in [9.17, 15) is 0 Å². The summed E-state index contributed by atoms with van der Waals surface area (Å²) in [6, 6.07) is 22.6. The Bertz CT molecular complexity index is 786. The normalized spacial score (nSPS) is 16.9. The zero-order chi connectivity index (χ0) is 16.9. The lowest BCUT2D eigenvalue weighted by molar-refractivity contribution is 0.260. The third kappa shape index (κ3) is 4.12. The first-order valence-corrected chi connectivity index (χ1v) is 8.93. The summed E-state index contributed by atoms with van der Waals surface area (Å²) in [6.45, 7) is 2.98. The van der Waals surface area contributed by atoms with Crippen molar-refractivity contribution in [2.75, 3.05) is 19.7 Å². The van der Waals surface area contributed by atoms with Gasteiger partial charge in [-0.2, -0.15) is 0 Å². The predicted molar refractivity (Wildman–Crippen MR) is 99.9 cm³/mol. The molecular weight excluding hydrogens is 310 g/mol. The molecule has 1 aliphatic rings. The maximum Gasteiger partial charge on any atom is 0.134 e. The second-order valence-electron chi connectivity index (χ2n) is 6.62. The fourth-order valence-electron chi connectivity index (χ4n) is 3.21. The van der Waals surface area contributed by atoms with Gasteiger partial charge in [-0.1, -0.05) is 42.5 Å². The first kappa shape index (κ1) is 16.0. The highest BCUT2D eigenvalue weighted by Gasteiger charge is 2.14. The van der Waals surface area contributed by atoms with E-state index < -0.39 is 0 Å². The van der Waals surface area contributed by atoms with Gasteiger partial charge in [0, 0.05) is 24.4 Å². The smallest absolute Gasteiger partial charge is 0.134 e. The van der Waals surface area contributed by atoms with Crippen LogP contribution in [0.3, 0.4) is 0 Å². The second-order valence-corrected chi connectivity index (χ2v) is 6.62. The molecule has 1 saturated heterocycles. The Morgan fingerprint density at radius 3 is 2.56 bits per heavy atom. The lowest BCUT2D eigenvalue weighted by Gasteiger charge is -2.11. The summed E-state index contributed by atoms with van der Waals surface area (Å²) in [5.41, 5.74) is 2.34. The minimum Gasteiger partial charge on any atom is -0.493 e. The number of hydrogen-bond acceptors (Lipinski definition) is 3. The molecule has 2 heterocycles. The Kier molecular flexibility index (Phi) is 4.84. The fraction of sp³-hybridized carbons (Fsp3) is 0.273. The van der Waals surface area contributed by atoms with Crippen LogP contribution in [0, 0.1) is 5.92 Å². The predicted octanol–water partition coefficient (Wildman–Crippen LogP) is 4.53. The van der Waals surface area contributed by atoms with E-state index in [0.717, 1.165) is 49.0 Å². The van der Waals surface area contributed by atoms with E-state index in [0.29, 0.717) is 5.92 Å². The third-order valence-corrected chi connectivity index (χ3v) is 4.67. The van der Waals surface area contributed by atoms with Crippen molar-refractivity contribution in [3.8, 4) is 17.1 Å². The van der Waals surface area contributed by atoms with Gasteiger partial charge in [-0.3, -0.25) is 0 Å². The first-order valence-electron chi connectivity index (χ1n) is 8.93. The number of furan rings is 1. The van der Waals surface area contributed by atoms with Crippen molar-refractivity contribution in [1.82, 2.24) is 5.32 Å². The first-order chi connectivity index (χ1) is 12.4. The van der Waals surface area contributed by atoms with Gasteiger partial charge in [0.1, 0.15) is 17.3 Å². The lowest BCUT2D eigenvalue weighted by Crippen LogP contribution is -2.15. The summed E-state index contributed by atoms with van der Waals surface area (Å²) in [5, 5.41) is 3.37. The van der Waals surface area contributed by atoms with Crippen LogP contribution < -0.4 is 10.1 Å². The van der Waals surface area contributed by atoms with Crippen molar-refractivity contribution in [2.24, 2.45) is 5.92 Å². The molecule has 0 spiro atoms. The molecule has 1 aromatic heterocycles. The third-order valence-electron chi connectivity index (χ3n) is 4.67. The molecule has 2 aromatic carbocycles. The molecule has 0 aliphatic carbocycles. The van der Waals surface area contributed by atoms with Crippen LogP contribution in [0.15, 0.2) is 71.1 Å². The second kappa shape index (κ2) is 7.58. The largest absolute Gasteiger partial charge is 0.493 e. The minimum absolute atomic E-state index is 0.638. The van der Waals surface area contributed by atoms with Gasteiger partial charge in [-0.25, -0.2) is 0 Å². The Morgan fingerprint density at radius 2 is 1.80 bits per heavy atom. The topological polar surface area (TPSA) is 34.4 Å². The van der Waals surface area contributed by atoms with Crippen molar-refractivity contribution in [3.63, 3.8) is 0 Å². The summed E-state index contributed by atoms with van der Waals surface area (Å²) in [5.74, 6) is 3.48. The standard InChI is InChI=1S/C22H23NO2/c1-2-4-19(5-3-1)22-11-10-21(25-22)14-17-6-8-20(9-7-17)24-16-18-12-13-23-15-18/h1-11,18,23H,12-16H2/t18-/m1/s1. The maximum absolute atomic E-state index is 5.98. The van der Waals surface area contributed by atoms with Crippen LogP contribution in [0.5, 0.6) is 5.75 Å². The number of rotatable bonds is 6. The summed E-state index contributed by atoms with van der Waals surface area (Å²) in [4.78, 5) is 0. The zero-order valence-corrected chi connectivity index (χ0v) is 14.3. The SMILES string of the molecule is c1ccc(-c2ccc(Cc3ccc(OC[C@@H]4CCNC4)cc3)o2)cc1. The highest BCUT2D eigenvalue weighted by atomic mass is 16.5. The zero-order valence-electron chi connectivity index (χ0n) is 14.3. The average molecular weight is 333 g/mol. The van der Waals surface area contributed by atoms with Gasteiger partial charge in [0.05, 0.1) is 6.61 Å². The maximum atomic E-state index is 5.98. The molecule has 25 heavy (non-hydrogen) atoms. The highest BCUT2D eigenvalue weighted by molar-refractivity contribution is 5.57. The van der Waals surface area contributed by atoms with Crippen LogP contribution in [0.4, 0.5) is 0 Å². The van der Waals surface area contributed by atoms with Crippen molar-refractivity contribution in [3.05, 3.63) is 78.1 Å². The highest BCUT2D eigenvalue weighted by Crippen LogP contribution is 2.24. The van der Waals surface area contributed by atoms with E-state index in [1.807, 2.05) is 24.3 Å². The van der Waals surface area contributed by atoms with Crippen LogP contribution in [0.25, 0.3) is 11.3 Å². The van der Waals surface area contributed by atoms with E-state index >= 15 is 0 Å². The average Bonchev–Trinajstić information content (AvgIpc) is 3.34. The molecule has 0 saturated carbocycles. The molecule has 4 rings (SSSR count). The van der Waals surface area contributed by atoms with Crippen molar-refractivity contribution < 1.29 is 9.15 Å². The van der Waals surface area contributed by atoms with Gasteiger partial charge < -0.3 is 14.5 Å². The summed E-state index contributed by atoms with van der Waals surface area (Å²) in [7, 11) is 0. The summed E-state index contributed by atoms with van der Waals surface area (Å²) in [6.07, 6.45) is 2.00. The van der Waals surface area contributed by atoms with Crippen molar-refractivity contribution in [1.29, 1.82) is 0 Å². The number of nitrogens with one attached hydrogen (secondary N) is 1. The van der Waals surface area contributed by atoms with E-state index in [1.54, 1.807) is 0 Å². The lowest BCUT2D eigenvalue weighted by atomic mass is 10.1. The summed E-state index contributed by atoms with van der Waals surface area (Å²) >= 11 is 0. The van der Waals surface area contributed by atoms with Gasteiger partial charge in [0.2, 0.25) is 0 Å². The van der Waals surface area contributed by atoms with Crippen LogP contribution in [-0.4, -0.2) is 19.7 Å². The molecule has 128 valence electrons. The molecule has 1 atom stereocenters. The van der Waals surface area contributed by atoms with Crippen LogP contribution in [0.1, 0.15) is 17.7 Å². The quantitative estimate of drug-likeness (QED) is 0.720. The van der Waals surface area contributed by atoms with Gasteiger partial charge in [0.25, 0.3) is 0 Å². The Labute approximate surface area is 148 Å².